The Morgan fingerprint density at radius 1 is 1.40 bits per heavy atom. The van der Waals surface area contributed by atoms with Gasteiger partial charge in [0.15, 0.2) is 0 Å². The van der Waals surface area contributed by atoms with Crippen molar-refractivity contribution in [1.29, 1.82) is 0 Å². The molecule has 0 amide bonds. The van der Waals surface area contributed by atoms with Gasteiger partial charge in [-0.2, -0.15) is 0 Å². The molecule has 1 rings (SSSR count). The third-order valence-electron chi connectivity index (χ3n) is 2.17. The maximum Gasteiger partial charge on any atom is 0.0416 e. The zero-order valence-electron chi connectivity index (χ0n) is 9.88. The van der Waals surface area contributed by atoms with E-state index in [-0.39, 0.29) is 0 Å². The first-order valence-electron chi connectivity index (χ1n) is 5.61. The lowest BCUT2D eigenvalue weighted by Crippen LogP contribution is -2.15. The van der Waals surface area contributed by atoms with E-state index in [1.807, 2.05) is 18.5 Å². The summed E-state index contributed by atoms with van der Waals surface area (Å²) in [5.41, 5.74) is 2.43. The van der Waals surface area contributed by atoms with Crippen LogP contribution in [0.3, 0.4) is 0 Å². The van der Waals surface area contributed by atoms with Crippen molar-refractivity contribution in [3.8, 4) is 0 Å². The summed E-state index contributed by atoms with van der Waals surface area (Å²) in [5, 5.41) is 6.75. The smallest absolute Gasteiger partial charge is 0.0416 e. The van der Waals surface area contributed by atoms with E-state index >= 15 is 0 Å². The van der Waals surface area contributed by atoms with Crippen molar-refractivity contribution < 1.29 is 0 Å². The molecule has 15 heavy (non-hydrogen) atoms. The Morgan fingerprint density at radius 2 is 2.20 bits per heavy atom. The maximum absolute atomic E-state index is 4.15. The van der Waals surface area contributed by atoms with Crippen molar-refractivity contribution in [3.05, 3.63) is 24.0 Å². The van der Waals surface area contributed by atoms with Crippen LogP contribution in [0.15, 0.2) is 18.5 Å². The Hall–Kier alpha value is -1.09. The van der Waals surface area contributed by atoms with E-state index in [0.29, 0.717) is 5.92 Å². The van der Waals surface area contributed by atoms with Crippen molar-refractivity contribution in [1.82, 2.24) is 10.3 Å². The predicted octanol–water partition coefficient (Wildman–Crippen LogP) is 2.26. The highest BCUT2D eigenvalue weighted by molar-refractivity contribution is 5.49. The summed E-state index contributed by atoms with van der Waals surface area (Å²) < 4.78 is 0. The summed E-state index contributed by atoms with van der Waals surface area (Å²) in [6.07, 6.45) is 3.75. The lowest BCUT2D eigenvalue weighted by atomic mass is 10.2. The van der Waals surface area contributed by atoms with E-state index in [4.69, 9.17) is 0 Å². The van der Waals surface area contributed by atoms with Gasteiger partial charge in [-0.05, 0) is 18.5 Å². The topological polar surface area (TPSA) is 37.0 Å². The van der Waals surface area contributed by atoms with Crippen LogP contribution >= 0.6 is 0 Å². The lowest BCUT2D eigenvalue weighted by Gasteiger charge is -2.13. The maximum atomic E-state index is 4.15. The van der Waals surface area contributed by atoms with Gasteiger partial charge in [0.25, 0.3) is 0 Å². The van der Waals surface area contributed by atoms with Crippen LogP contribution in [0.25, 0.3) is 0 Å². The summed E-state index contributed by atoms with van der Waals surface area (Å²) in [4.78, 5) is 4.15. The molecule has 0 bridgehead atoms. The number of nitrogens with one attached hydrogen (secondary N) is 2. The fraction of sp³-hybridized carbons (Fsp3) is 0.583. The number of nitrogens with zero attached hydrogens (tertiary/aromatic N) is 1. The summed E-state index contributed by atoms with van der Waals surface area (Å²) >= 11 is 0. The molecule has 0 aromatic carbocycles. The molecule has 0 radical (unpaired) electrons. The van der Waals surface area contributed by atoms with Crippen molar-refractivity contribution in [2.45, 2.75) is 27.3 Å². The van der Waals surface area contributed by atoms with Crippen LogP contribution in [-0.2, 0) is 6.54 Å². The average molecular weight is 207 g/mol. The van der Waals surface area contributed by atoms with Gasteiger partial charge in [-0.25, -0.2) is 0 Å². The molecule has 0 atom stereocenters. The molecule has 0 fully saturated rings. The van der Waals surface area contributed by atoms with Crippen molar-refractivity contribution in [2.24, 2.45) is 5.92 Å². The Morgan fingerprint density at radius 3 is 2.87 bits per heavy atom. The van der Waals surface area contributed by atoms with Crippen LogP contribution in [0.2, 0.25) is 0 Å². The molecule has 0 spiro atoms. The van der Waals surface area contributed by atoms with Gasteiger partial charge in [-0.15, -0.1) is 0 Å². The van der Waals surface area contributed by atoms with Crippen molar-refractivity contribution in [2.75, 3.05) is 18.4 Å². The molecule has 0 aliphatic rings. The molecule has 0 saturated heterocycles. The summed E-state index contributed by atoms with van der Waals surface area (Å²) in [6, 6.07) is 2.04. The van der Waals surface area contributed by atoms with Gasteiger partial charge < -0.3 is 10.6 Å². The van der Waals surface area contributed by atoms with E-state index in [1.54, 1.807) is 0 Å². The monoisotopic (exact) mass is 207 g/mol. The van der Waals surface area contributed by atoms with E-state index in [2.05, 4.69) is 36.4 Å². The van der Waals surface area contributed by atoms with Crippen molar-refractivity contribution in [3.63, 3.8) is 0 Å². The summed E-state index contributed by atoms with van der Waals surface area (Å²) in [5.74, 6) is 0.658. The highest BCUT2D eigenvalue weighted by Gasteiger charge is 2.01. The minimum absolute atomic E-state index is 0.658. The zero-order chi connectivity index (χ0) is 11.1. The molecule has 2 N–H and O–H groups in total. The van der Waals surface area contributed by atoms with Gasteiger partial charge in [-0.3, -0.25) is 4.98 Å². The second-order valence-corrected chi connectivity index (χ2v) is 4.09. The van der Waals surface area contributed by atoms with Gasteiger partial charge in [0, 0.05) is 36.7 Å². The largest absolute Gasteiger partial charge is 0.384 e. The Balaban J connectivity index is 2.59. The van der Waals surface area contributed by atoms with Gasteiger partial charge in [0.1, 0.15) is 0 Å². The molecular weight excluding hydrogens is 186 g/mol. The number of rotatable bonds is 6. The van der Waals surface area contributed by atoms with Crippen LogP contribution in [0, 0.1) is 5.92 Å². The van der Waals surface area contributed by atoms with E-state index < -0.39 is 0 Å². The van der Waals surface area contributed by atoms with Crippen LogP contribution in [0.4, 0.5) is 5.69 Å². The van der Waals surface area contributed by atoms with Gasteiger partial charge in [0.05, 0.1) is 0 Å². The second-order valence-electron chi connectivity index (χ2n) is 4.09. The first kappa shape index (κ1) is 12.0. The zero-order valence-corrected chi connectivity index (χ0v) is 9.88. The van der Waals surface area contributed by atoms with Crippen LogP contribution in [0.5, 0.6) is 0 Å². The standard InChI is InChI=1S/C12H21N3/c1-4-13-8-11-9-14-6-5-12(11)15-7-10(2)3/h5-6,9-10,13H,4,7-8H2,1-3H3,(H,14,15). The number of hydrogen-bond donors (Lipinski definition) is 2. The lowest BCUT2D eigenvalue weighted by molar-refractivity contribution is 0.684. The molecule has 0 aliphatic carbocycles. The van der Waals surface area contributed by atoms with E-state index in [9.17, 15) is 0 Å². The highest BCUT2D eigenvalue weighted by Crippen LogP contribution is 2.13. The predicted molar refractivity (Wildman–Crippen MR) is 64.9 cm³/mol. The molecule has 1 heterocycles. The van der Waals surface area contributed by atoms with Gasteiger partial charge in [0.2, 0.25) is 0 Å². The Bertz CT molecular complexity index is 284. The molecular formula is C12H21N3. The van der Waals surface area contributed by atoms with Crippen LogP contribution in [-0.4, -0.2) is 18.1 Å². The molecule has 3 nitrogen and oxygen atoms in total. The number of pyridine rings is 1. The van der Waals surface area contributed by atoms with E-state index in [0.717, 1.165) is 19.6 Å². The quantitative estimate of drug-likeness (QED) is 0.751. The van der Waals surface area contributed by atoms with Crippen LogP contribution < -0.4 is 10.6 Å². The second kappa shape index (κ2) is 6.40. The first-order valence-corrected chi connectivity index (χ1v) is 5.61. The fourth-order valence-electron chi connectivity index (χ4n) is 1.31. The SMILES string of the molecule is CCNCc1cnccc1NCC(C)C. The number of aromatic nitrogens is 1. The summed E-state index contributed by atoms with van der Waals surface area (Å²) in [7, 11) is 0. The number of hydrogen-bond acceptors (Lipinski definition) is 3. The Kier molecular flexibility index (Phi) is 5.12. The summed E-state index contributed by atoms with van der Waals surface area (Å²) in [6.45, 7) is 9.39. The first-order chi connectivity index (χ1) is 7.24. The average Bonchev–Trinajstić information content (AvgIpc) is 2.24. The molecule has 0 unspecified atom stereocenters. The molecule has 84 valence electrons. The minimum Gasteiger partial charge on any atom is -0.384 e. The normalized spacial score (nSPS) is 10.7. The molecule has 1 aromatic heterocycles. The van der Waals surface area contributed by atoms with Crippen molar-refractivity contribution >= 4 is 5.69 Å². The molecule has 0 aliphatic heterocycles. The van der Waals surface area contributed by atoms with Gasteiger partial charge in [-0.1, -0.05) is 20.8 Å². The third kappa shape index (κ3) is 4.30. The molecule has 1 aromatic rings. The highest BCUT2D eigenvalue weighted by atomic mass is 14.9. The van der Waals surface area contributed by atoms with Gasteiger partial charge >= 0.3 is 0 Å². The van der Waals surface area contributed by atoms with E-state index in [1.165, 1.54) is 11.3 Å². The molecule has 3 heteroatoms. The fourth-order valence-corrected chi connectivity index (χ4v) is 1.31. The number of anilines is 1. The minimum atomic E-state index is 0.658. The van der Waals surface area contributed by atoms with Crippen LogP contribution in [0.1, 0.15) is 26.3 Å². The third-order valence-corrected chi connectivity index (χ3v) is 2.17. The molecule has 0 saturated carbocycles. The Labute approximate surface area is 92.3 Å².